The van der Waals surface area contributed by atoms with Crippen molar-refractivity contribution in [2.75, 3.05) is 0 Å². The number of allylic oxidation sites excluding steroid dienone is 6. The zero-order valence-electron chi connectivity index (χ0n) is 11.4. The van der Waals surface area contributed by atoms with Gasteiger partial charge in [0.05, 0.1) is 0 Å². The van der Waals surface area contributed by atoms with Crippen LogP contribution < -0.4 is 0 Å². The minimum atomic E-state index is 0.739. The highest BCUT2D eigenvalue weighted by molar-refractivity contribution is 5.07. The second kappa shape index (κ2) is 6.23. The van der Waals surface area contributed by atoms with Crippen LogP contribution in [0.25, 0.3) is 0 Å². The lowest BCUT2D eigenvalue weighted by Gasteiger charge is -2.29. The van der Waals surface area contributed by atoms with Crippen molar-refractivity contribution < 1.29 is 0 Å². The molecular weight excluding hydrogens is 204 g/mol. The quantitative estimate of drug-likeness (QED) is 0.497. The monoisotopic (exact) mass is 230 g/mol. The van der Waals surface area contributed by atoms with Crippen LogP contribution in [0.5, 0.6) is 0 Å². The molecule has 0 aromatic heterocycles. The summed E-state index contributed by atoms with van der Waals surface area (Å²) in [6.07, 6.45) is 19.9. The molecule has 0 heterocycles. The van der Waals surface area contributed by atoms with Gasteiger partial charge >= 0.3 is 0 Å². The van der Waals surface area contributed by atoms with E-state index < -0.39 is 0 Å². The summed E-state index contributed by atoms with van der Waals surface area (Å²) in [5, 5.41) is 0. The molecular formula is C17H26. The molecule has 0 bridgehead atoms. The summed E-state index contributed by atoms with van der Waals surface area (Å²) >= 11 is 0. The van der Waals surface area contributed by atoms with E-state index in [0.717, 1.165) is 17.8 Å². The number of hydrogen-bond donors (Lipinski definition) is 0. The summed E-state index contributed by atoms with van der Waals surface area (Å²) in [7, 11) is 0. The van der Waals surface area contributed by atoms with Gasteiger partial charge in [-0.2, -0.15) is 0 Å². The van der Waals surface area contributed by atoms with Gasteiger partial charge in [-0.1, -0.05) is 42.9 Å². The highest BCUT2D eigenvalue weighted by Gasteiger charge is 2.23. The summed E-state index contributed by atoms with van der Waals surface area (Å²) in [6.45, 7) is 4.69. The topological polar surface area (TPSA) is 0 Å². The van der Waals surface area contributed by atoms with E-state index >= 15 is 0 Å². The second-order valence-corrected chi connectivity index (χ2v) is 5.90. The van der Waals surface area contributed by atoms with Crippen molar-refractivity contribution in [2.24, 2.45) is 17.8 Å². The van der Waals surface area contributed by atoms with E-state index in [1.165, 1.54) is 38.5 Å². The van der Waals surface area contributed by atoms with Gasteiger partial charge in [-0.3, -0.25) is 0 Å². The first-order valence-electron chi connectivity index (χ1n) is 7.24. The summed E-state index contributed by atoms with van der Waals surface area (Å²) in [4.78, 5) is 0. The van der Waals surface area contributed by atoms with Crippen molar-refractivity contribution >= 4 is 0 Å². The molecule has 0 spiro atoms. The molecule has 3 unspecified atom stereocenters. The molecule has 0 nitrogen and oxygen atoms in total. The molecule has 0 aliphatic heterocycles. The summed E-state index contributed by atoms with van der Waals surface area (Å²) in [5.41, 5.74) is 1.61. The van der Waals surface area contributed by atoms with Crippen molar-refractivity contribution in [3.05, 3.63) is 36.0 Å². The molecule has 94 valence electrons. The molecule has 0 aromatic rings. The van der Waals surface area contributed by atoms with E-state index in [-0.39, 0.29) is 0 Å². The Morgan fingerprint density at radius 2 is 1.88 bits per heavy atom. The van der Waals surface area contributed by atoms with Gasteiger partial charge in [-0.25, -0.2) is 0 Å². The molecule has 2 rings (SSSR count). The third-order valence-electron chi connectivity index (χ3n) is 4.21. The van der Waals surface area contributed by atoms with Crippen LogP contribution >= 0.6 is 0 Å². The Kier molecular flexibility index (Phi) is 4.65. The molecule has 0 fully saturated rings. The third kappa shape index (κ3) is 3.87. The van der Waals surface area contributed by atoms with E-state index in [2.05, 4.69) is 44.2 Å². The molecule has 17 heavy (non-hydrogen) atoms. The molecule has 0 N–H and O–H groups in total. The second-order valence-electron chi connectivity index (χ2n) is 5.90. The van der Waals surface area contributed by atoms with Crippen LogP contribution in [-0.2, 0) is 0 Å². The molecule has 2 aliphatic carbocycles. The van der Waals surface area contributed by atoms with Gasteiger partial charge in [-0.15, -0.1) is 0 Å². The normalized spacial score (nSPS) is 37.8. The SMILES string of the molecule is C/C1=C\CCC=CC(C)CC2C=CCCC2C1. The molecule has 0 radical (unpaired) electrons. The van der Waals surface area contributed by atoms with Gasteiger partial charge in [0.25, 0.3) is 0 Å². The zero-order chi connectivity index (χ0) is 12.1. The van der Waals surface area contributed by atoms with Crippen LogP contribution in [0.4, 0.5) is 0 Å². The minimum Gasteiger partial charge on any atom is -0.0882 e. The van der Waals surface area contributed by atoms with Crippen LogP contribution in [0.2, 0.25) is 0 Å². The van der Waals surface area contributed by atoms with Crippen molar-refractivity contribution in [3.8, 4) is 0 Å². The van der Waals surface area contributed by atoms with Crippen molar-refractivity contribution in [1.29, 1.82) is 0 Å². The molecule has 0 amide bonds. The van der Waals surface area contributed by atoms with Crippen LogP contribution in [0.3, 0.4) is 0 Å². The Morgan fingerprint density at radius 3 is 2.76 bits per heavy atom. The first kappa shape index (κ1) is 12.7. The summed E-state index contributed by atoms with van der Waals surface area (Å²) in [5.74, 6) is 2.44. The average Bonchev–Trinajstić information content (AvgIpc) is 2.33. The molecule has 0 heteroatoms. The van der Waals surface area contributed by atoms with Crippen molar-refractivity contribution in [1.82, 2.24) is 0 Å². The molecule has 0 aromatic carbocycles. The Morgan fingerprint density at radius 1 is 1.06 bits per heavy atom. The average molecular weight is 230 g/mol. The van der Waals surface area contributed by atoms with Gasteiger partial charge in [0, 0.05) is 0 Å². The van der Waals surface area contributed by atoms with E-state index in [1.54, 1.807) is 5.57 Å². The first-order chi connectivity index (χ1) is 8.25. The van der Waals surface area contributed by atoms with Gasteiger partial charge in [0.15, 0.2) is 0 Å². The lowest BCUT2D eigenvalue weighted by Crippen LogP contribution is -2.18. The number of hydrogen-bond acceptors (Lipinski definition) is 0. The van der Waals surface area contributed by atoms with E-state index in [4.69, 9.17) is 0 Å². The highest BCUT2D eigenvalue weighted by Crippen LogP contribution is 2.35. The summed E-state index contributed by atoms with van der Waals surface area (Å²) in [6, 6.07) is 0. The predicted octanol–water partition coefficient (Wildman–Crippen LogP) is 5.28. The first-order valence-corrected chi connectivity index (χ1v) is 7.24. The Hall–Kier alpha value is -0.780. The molecule has 2 aliphatic rings. The van der Waals surface area contributed by atoms with Gasteiger partial charge in [0.1, 0.15) is 0 Å². The van der Waals surface area contributed by atoms with Crippen LogP contribution in [0.15, 0.2) is 36.0 Å². The maximum Gasteiger partial charge on any atom is -0.0196 e. The molecule has 3 atom stereocenters. The third-order valence-corrected chi connectivity index (χ3v) is 4.21. The summed E-state index contributed by atoms with van der Waals surface area (Å²) < 4.78 is 0. The van der Waals surface area contributed by atoms with Gasteiger partial charge in [-0.05, 0) is 63.2 Å². The lowest BCUT2D eigenvalue weighted by atomic mass is 9.76. The largest absolute Gasteiger partial charge is 0.0882 e. The Bertz CT molecular complexity index is 319. The predicted molar refractivity (Wildman–Crippen MR) is 75.9 cm³/mol. The van der Waals surface area contributed by atoms with E-state index in [1.807, 2.05) is 0 Å². The van der Waals surface area contributed by atoms with Gasteiger partial charge < -0.3 is 0 Å². The van der Waals surface area contributed by atoms with E-state index in [9.17, 15) is 0 Å². The zero-order valence-corrected chi connectivity index (χ0v) is 11.4. The fourth-order valence-corrected chi connectivity index (χ4v) is 3.24. The number of rotatable bonds is 0. The van der Waals surface area contributed by atoms with Crippen LogP contribution in [-0.4, -0.2) is 0 Å². The minimum absolute atomic E-state index is 0.739. The maximum atomic E-state index is 2.49. The Balaban J connectivity index is 2.12. The highest BCUT2D eigenvalue weighted by atomic mass is 14.3. The van der Waals surface area contributed by atoms with Crippen molar-refractivity contribution in [3.63, 3.8) is 0 Å². The number of fused-ring (bicyclic) bond motifs is 1. The van der Waals surface area contributed by atoms with Crippen molar-refractivity contribution in [2.45, 2.75) is 52.4 Å². The smallest absolute Gasteiger partial charge is 0.0196 e. The molecule has 0 saturated heterocycles. The fraction of sp³-hybridized carbons (Fsp3) is 0.647. The Labute approximate surface area is 106 Å². The van der Waals surface area contributed by atoms with Gasteiger partial charge in [0.2, 0.25) is 0 Å². The lowest BCUT2D eigenvalue weighted by molar-refractivity contribution is 0.315. The fourth-order valence-electron chi connectivity index (χ4n) is 3.24. The van der Waals surface area contributed by atoms with E-state index in [0.29, 0.717) is 0 Å². The maximum absolute atomic E-state index is 2.49. The standard InChI is InChI=1S/C17H26/c1-14-8-4-3-5-9-15(2)13-17-11-7-6-10-16(17)12-14/h4,6,8-10,14,16-17H,3,5,7,11-13H2,1-2H3/b8-4?,15-9+. The molecule has 0 saturated carbocycles. The van der Waals surface area contributed by atoms with Crippen LogP contribution in [0.1, 0.15) is 52.4 Å². The van der Waals surface area contributed by atoms with Crippen LogP contribution in [0, 0.1) is 17.8 Å².